The Morgan fingerprint density at radius 2 is 2.11 bits per heavy atom. The van der Waals surface area contributed by atoms with E-state index < -0.39 is 0 Å². The van der Waals surface area contributed by atoms with Crippen LogP contribution in [-0.2, 0) is 0 Å². The standard InChI is InChI=1S/C8H12O/c9-8-4-2-6-1-3-7(8)5-6/h2,4,6-9H,1,3,5H2/t6-,7+,8-/m0/s1. The van der Waals surface area contributed by atoms with E-state index in [4.69, 9.17) is 0 Å². The van der Waals surface area contributed by atoms with Gasteiger partial charge in [-0.15, -0.1) is 0 Å². The van der Waals surface area contributed by atoms with Crippen LogP contribution in [0.15, 0.2) is 12.2 Å². The number of hydrogen-bond donors (Lipinski definition) is 1. The van der Waals surface area contributed by atoms with Gasteiger partial charge in [0.15, 0.2) is 0 Å². The second-order valence-corrected chi connectivity index (χ2v) is 3.21. The van der Waals surface area contributed by atoms with Gasteiger partial charge in [0.05, 0.1) is 6.10 Å². The van der Waals surface area contributed by atoms with E-state index in [1.54, 1.807) is 0 Å². The molecule has 1 saturated carbocycles. The maximum absolute atomic E-state index is 9.31. The summed E-state index contributed by atoms with van der Waals surface area (Å²) in [6.45, 7) is 0. The van der Waals surface area contributed by atoms with Gasteiger partial charge in [-0.2, -0.15) is 0 Å². The third-order valence-corrected chi connectivity index (χ3v) is 2.58. The molecule has 50 valence electrons. The van der Waals surface area contributed by atoms with E-state index >= 15 is 0 Å². The lowest BCUT2D eigenvalue weighted by Gasteiger charge is -2.17. The van der Waals surface area contributed by atoms with Gasteiger partial charge >= 0.3 is 0 Å². The van der Waals surface area contributed by atoms with Crippen LogP contribution in [0.5, 0.6) is 0 Å². The Bertz CT molecular complexity index is 140. The quantitative estimate of drug-likeness (QED) is 0.483. The summed E-state index contributed by atoms with van der Waals surface area (Å²) < 4.78 is 0. The molecule has 2 aliphatic carbocycles. The summed E-state index contributed by atoms with van der Waals surface area (Å²) >= 11 is 0. The van der Waals surface area contributed by atoms with E-state index in [2.05, 4.69) is 6.08 Å². The number of rotatable bonds is 0. The molecule has 1 nitrogen and oxygen atoms in total. The zero-order chi connectivity index (χ0) is 6.27. The Morgan fingerprint density at radius 1 is 1.22 bits per heavy atom. The van der Waals surface area contributed by atoms with Crippen LogP contribution in [0, 0.1) is 11.8 Å². The molecule has 0 aromatic heterocycles. The lowest BCUT2D eigenvalue weighted by atomic mass is 9.93. The fourth-order valence-electron chi connectivity index (χ4n) is 1.97. The molecule has 1 fully saturated rings. The summed E-state index contributed by atoms with van der Waals surface area (Å²) in [4.78, 5) is 0. The van der Waals surface area contributed by atoms with Crippen molar-refractivity contribution in [3.05, 3.63) is 12.2 Å². The molecular formula is C8H12O. The summed E-state index contributed by atoms with van der Waals surface area (Å²) in [6, 6.07) is 0. The molecule has 1 heteroatoms. The second-order valence-electron chi connectivity index (χ2n) is 3.21. The van der Waals surface area contributed by atoms with Crippen molar-refractivity contribution in [3.63, 3.8) is 0 Å². The number of fused-ring (bicyclic) bond motifs is 2. The Hall–Kier alpha value is -0.300. The third kappa shape index (κ3) is 0.799. The van der Waals surface area contributed by atoms with Crippen molar-refractivity contribution in [1.29, 1.82) is 0 Å². The first kappa shape index (κ1) is 5.48. The molecule has 9 heavy (non-hydrogen) atoms. The highest BCUT2D eigenvalue weighted by Crippen LogP contribution is 2.37. The van der Waals surface area contributed by atoms with E-state index in [9.17, 15) is 5.11 Å². The zero-order valence-electron chi connectivity index (χ0n) is 5.46. The SMILES string of the molecule is O[C@H]1C=C[C@@H]2CC[C@@H]1C2. The Morgan fingerprint density at radius 3 is 2.89 bits per heavy atom. The van der Waals surface area contributed by atoms with Crippen molar-refractivity contribution < 1.29 is 5.11 Å². The number of allylic oxidation sites excluding steroid dienone is 1. The van der Waals surface area contributed by atoms with Crippen molar-refractivity contribution >= 4 is 0 Å². The molecule has 0 aromatic carbocycles. The van der Waals surface area contributed by atoms with Gasteiger partial charge in [-0.3, -0.25) is 0 Å². The normalized spacial score (nSPS) is 47.9. The van der Waals surface area contributed by atoms with Gasteiger partial charge < -0.3 is 5.11 Å². The molecule has 1 N–H and O–H groups in total. The summed E-state index contributed by atoms with van der Waals surface area (Å²) in [7, 11) is 0. The molecule has 2 aliphatic rings. The first-order valence-electron chi connectivity index (χ1n) is 3.72. The van der Waals surface area contributed by atoms with Crippen LogP contribution < -0.4 is 0 Å². The molecule has 0 saturated heterocycles. The largest absolute Gasteiger partial charge is 0.389 e. The van der Waals surface area contributed by atoms with Crippen LogP contribution in [0.3, 0.4) is 0 Å². The molecule has 0 unspecified atom stereocenters. The van der Waals surface area contributed by atoms with Crippen molar-refractivity contribution in [2.24, 2.45) is 11.8 Å². The minimum atomic E-state index is -0.122. The number of aliphatic hydroxyl groups is 1. The lowest BCUT2D eigenvalue weighted by molar-refractivity contribution is 0.149. The first-order chi connectivity index (χ1) is 4.36. The molecule has 2 rings (SSSR count). The lowest BCUT2D eigenvalue weighted by Crippen LogP contribution is -2.17. The smallest absolute Gasteiger partial charge is 0.0749 e. The molecule has 0 heterocycles. The maximum atomic E-state index is 9.31. The fraction of sp³-hybridized carbons (Fsp3) is 0.750. The molecule has 3 atom stereocenters. The summed E-state index contributed by atoms with van der Waals surface area (Å²) in [5.41, 5.74) is 0. The van der Waals surface area contributed by atoms with Crippen molar-refractivity contribution in [2.75, 3.05) is 0 Å². The average Bonchev–Trinajstić information content (AvgIpc) is 2.25. The molecular weight excluding hydrogens is 112 g/mol. The minimum Gasteiger partial charge on any atom is -0.389 e. The molecule has 2 bridgehead atoms. The highest BCUT2D eigenvalue weighted by atomic mass is 16.3. The van der Waals surface area contributed by atoms with Crippen LogP contribution >= 0.6 is 0 Å². The number of hydrogen-bond acceptors (Lipinski definition) is 1. The Balaban J connectivity index is 2.19. The molecule has 0 spiro atoms. The van der Waals surface area contributed by atoms with E-state index in [1.807, 2.05) is 6.08 Å². The van der Waals surface area contributed by atoms with Crippen LogP contribution in [-0.4, -0.2) is 11.2 Å². The summed E-state index contributed by atoms with van der Waals surface area (Å²) in [5.74, 6) is 1.40. The van der Waals surface area contributed by atoms with Crippen LogP contribution in [0.4, 0.5) is 0 Å². The van der Waals surface area contributed by atoms with Crippen LogP contribution in [0.25, 0.3) is 0 Å². The summed E-state index contributed by atoms with van der Waals surface area (Å²) in [6.07, 6.45) is 7.79. The topological polar surface area (TPSA) is 20.2 Å². The van der Waals surface area contributed by atoms with Gasteiger partial charge in [0.2, 0.25) is 0 Å². The average molecular weight is 124 g/mol. The zero-order valence-corrected chi connectivity index (χ0v) is 5.46. The maximum Gasteiger partial charge on any atom is 0.0749 e. The van der Waals surface area contributed by atoms with E-state index in [0.29, 0.717) is 5.92 Å². The number of aliphatic hydroxyl groups excluding tert-OH is 1. The van der Waals surface area contributed by atoms with Gasteiger partial charge in [0, 0.05) is 0 Å². The third-order valence-electron chi connectivity index (χ3n) is 2.58. The Kier molecular flexibility index (Phi) is 1.12. The summed E-state index contributed by atoms with van der Waals surface area (Å²) in [5, 5.41) is 9.31. The van der Waals surface area contributed by atoms with Crippen molar-refractivity contribution in [1.82, 2.24) is 0 Å². The second kappa shape index (κ2) is 1.84. The van der Waals surface area contributed by atoms with Crippen molar-refractivity contribution in [2.45, 2.75) is 25.4 Å². The minimum absolute atomic E-state index is 0.122. The predicted octanol–water partition coefficient (Wildman–Crippen LogP) is 1.33. The van der Waals surface area contributed by atoms with Gasteiger partial charge in [0.1, 0.15) is 0 Å². The highest BCUT2D eigenvalue weighted by molar-refractivity contribution is 5.05. The predicted molar refractivity (Wildman–Crippen MR) is 36.0 cm³/mol. The van der Waals surface area contributed by atoms with Gasteiger partial charge in [0.25, 0.3) is 0 Å². The molecule has 0 radical (unpaired) electrons. The van der Waals surface area contributed by atoms with Crippen molar-refractivity contribution in [3.8, 4) is 0 Å². The van der Waals surface area contributed by atoms with Gasteiger partial charge in [-0.05, 0) is 31.1 Å². The molecule has 0 aromatic rings. The van der Waals surface area contributed by atoms with Gasteiger partial charge in [-0.25, -0.2) is 0 Å². The monoisotopic (exact) mass is 124 g/mol. The van der Waals surface area contributed by atoms with E-state index in [-0.39, 0.29) is 6.10 Å². The first-order valence-corrected chi connectivity index (χ1v) is 3.72. The van der Waals surface area contributed by atoms with Crippen LogP contribution in [0.1, 0.15) is 19.3 Å². The molecule has 0 amide bonds. The van der Waals surface area contributed by atoms with Gasteiger partial charge in [-0.1, -0.05) is 12.2 Å². The highest BCUT2D eigenvalue weighted by Gasteiger charge is 2.30. The van der Waals surface area contributed by atoms with E-state index in [0.717, 1.165) is 5.92 Å². The Labute approximate surface area is 55.4 Å². The van der Waals surface area contributed by atoms with E-state index in [1.165, 1.54) is 19.3 Å². The van der Waals surface area contributed by atoms with Crippen LogP contribution in [0.2, 0.25) is 0 Å². The fourth-order valence-corrected chi connectivity index (χ4v) is 1.97. The molecule has 0 aliphatic heterocycles.